The number of unbranched alkanes of at least 4 members (excludes halogenated alkanes) is 1. The zero-order valence-electron chi connectivity index (χ0n) is 11.9. The van der Waals surface area contributed by atoms with Crippen molar-refractivity contribution in [3.63, 3.8) is 0 Å². The van der Waals surface area contributed by atoms with Crippen LogP contribution in [0.4, 0.5) is 0 Å². The number of hydrogen-bond donors (Lipinski definition) is 1. The Morgan fingerprint density at radius 2 is 1.84 bits per heavy atom. The third kappa shape index (κ3) is 11.7. The number of ether oxygens (including phenoxy) is 1. The number of aliphatic hydroxyl groups excluding tert-OH is 1. The summed E-state index contributed by atoms with van der Waals surface area (Å²) in [6.07, 6.45) is 3.32. The third-order valence-corrected chi connectivity index (χ3v) is 3.06. The summed E-state index contributed by atoms with van der Waals surface area (Å²) in [7, 11) is 0. The van der Waals surface area contributed by atoms with Crippen LogP contribution in [-0.2, 0) is 14.3 Å². The summed E-state index contributed by atoms with van der Waals surface area (Å²) in [6, 6.07) is 0. The highest BCUT2D eigenvalue weighted by Gasteiger charge is 2.11. The van der Waals surface area contributed by atoms with Crippen LogP contribution in [0.1, 0.15) is 58.8 Å². The van der Waals surface area contributed by atoms with E-state index in [1.54, 1.807) is 6.92 Å². The Bertz CT molecular complexity index is 263. The normalized spacial score (nSPS) is 13.8. The lowest BCUT2D eigenvalue weighted by Crippen LogP contribution is -2.21. The van der Waals surface area contributed by atoms with E-state index in [4.69, 9.17) is 4.74 Å². The number of carbonyl (C=O) groups excluding carboxylic acids is 2. The van der Waals surface area contributed by atoms with E-state index in [9.17, 15) is 19.8 Å². The second-order valence-electron chi connectivity index (χ2n) is 4.96. The van der Waals surface area contributed by atoms with Gasteiger partial charge in [0, 0.05) is 12.4 Å². The molecule has 0 aliphatic carbocycles. The lowest BCUT2D eigenvalue weighted by Gasteiger charge is -2.15. The van der Waals surface area contributed by atoms with Crippen LogP contribution >= 0.6 is 0 Å². The molecular weight excluding hydrogens is 248 g/mol. The minimum absolute atomic E-state index is 0.0146. The fraction of sp³-hybridized carbons (Fsp3) is 0.857. The predicted molar refractivity (Wildman–Crippen MR) is 69.1 cm³/mol. The molecule has 0 aromatic heterocycles. The van der Waals surface area contributed by atoms with Crippen LogP contribution in [0, 0.1) is 5.92 Å². The molecule has 0 radical (unpaired) electrons. The molecule has 0 heterocycles. The highest BCUT2D eigenvalue weighted by atomic mass is 16.5. The maximum Gasteiger partial charge on any atom is 0.305 e. The van der Waals surface area contributed by atoms with Gasteiger partial charge >= 0.3 is 5.97 Å². The first-order valence-corrected chi connectivity index (χ1v) is 6.99. The molecule has 0 aliphatic rings. The minimum Gasteiger partial charge on any atom is -0.550 e. The Labute approximate surface area is 115 Å². The van der Waals surface area contributed by atoms with Crippen molar-refractivity contribution < 1.29 is 24.5 Å². The number of carboxylic acids is 1. The van der Waals surface area contributed by atoms with Crippen molar-refractivity contribution in [3.8, 4) is 0 Å². The Hall–Kier alpha value is -1.10. The van der Waals surface area contributed by atoms with E-state index in [0.29, 0.717) is 25.9 Å². The summed E-state index contributed by atoms with van der Waals surface area (Å²) in [6.45, 7) is 4.15. The Kier molecular flexibility index (Phi) is 10.2. The van der Waals surface area contributed by atoms with Crippen molar-refractivity contribution in [3.05, 3.63) is 0 Å². The molecular formula is C14H25O5-. The zero-order chi connectivity index (χ0) is 14.7. The molecule has 19 heavy (non-hydrogen) atoms. The van der Waals surface area contributed by atoms with Gasteiger partial charge in [-0.3, -0.25) is 4.79 Å². The summed E-state index contributed by atoms with van der Waals surface area (Å²) in [5.74, 6) is -1.09. The smallest absolute Gasteiger partial charge is 0.305 e. The van der Waals surface area contributed by atoms with Crippen LogP contribution in [0.15, 0.2) is 0 Å². The largest absolute Gasteiger partial charge is 0.550 e. The van der Waals surface area contributed by atoms with Gasteiger partial charge in [-0.05, 0) is 44.9 Å². The number of aliphatic hydroxyl groups is 1. The number of aliphatic carboxylic acids is 1. The van der Waals surface area contributed by atoms with Gasteiger partial charge in [-0.25, -0.2) is 0 Å². The second-order valence-corrected chi connectivity index (χ2v) is 4.96. The fourth-order valence-electron chi connectivity index (χ4n) is 1.70. The van der Waals surface area contributed by atoms with Crippen LogP contribution in [0.2, 0.25) is 0 Å². The predicted octanol–water partition coefficient (Wildman–Crippen LogP) is 1.03. The topological polar surface area (TPSA) is 86.7 Å². The fourth-order valence-corrected chi connectivity index (χ4v) is 1.70. The monoisotopic (exact) mass is 273 g/mol. The van der Waals surface area contributed by atoms with Crippen LogP contribution < -0.4 is 5.11 Å². The van der Waals surface area contributed by atoms with Gasteiger partial charge in [0.25, 0.3) is 0 Å². The molecule has 2 unspecified atom stereocenters. The summed E-state index contributed by atoms with van der Waals surface area (Å²) in [5, 5.41) is 19.4. The molecule has 0 aliphatic heterocycles. The maximum absolute atomic E-state index is 11.4. The van der Waals surface area contributed by atoms with Gasteiger partial charge in [0.1, 0.15) is 0 Å². The Balaban J connectivity index is 3.65. The van der Waals surface area contributed by atoms with Crippen molar-refractivity contribution in [1.29, 1.82) is 0 Å². The highest BCUT2D eigenvalue weighted by Crippen LogP contribution is 2.13. The van der Waals surface area contributed by atoms with Crippen LogP contribution in [0.3, 0.4) is 0 Å². The van der Waals surface area contributed by atoms with Crippen LogP contribution in [-0.4, -0.2) is 29.8 Å². The number of esters is 1. The van der Waals surface area contributed by atoms with E-state index in [1.165, 1.54) is 0 Å². The van der Waals surface area contributed by atoms with Crippen molar-refractivity contribution in [1.82, 2.24) is 0 Å². The van der Waals surface area contributed by atoms with E-state index in [2.05, 4.69) is 0 Å². The van der Waals surface area contributed by atoms with Crippen molar-refractivity contribution >= 4 is 11.9 Å². The second kappa shape index (κ2) is 10.8. The molecule has 0 bridgehead atoms. The molecule has 0 fully saturated rings. The molecule has 0 aromatic rings. The molecule has 5 heteroatoms. The van der Waals surface area contributed by atoms with Gasteiger partial charge in [-0.1, -0.05) is 13.3 Å². The first-order valence-electron chi connectivity index (χ1n) is 6.99. The van der Waals surface area contributed by atoms with Crippen molar-refractivity contribution in [2.45, 2.75) is 64.9 Å². The minimum atomic E-state index is -1.09. The number of carboxylic acid groups (broad SMARTS) is 1. The molecule has 0 amide bonds. The maximum atomic E-state index is 11.4. The van der Waals surface area contributed by atoms with Crippen LogP contribution in [0.5, 0.6) is 0 Å². The number of hydrogen-bond acceptors (Lipinski definition) is 5. The number of rotatable bonds is 11. The quantitative estimate of drug-likeness (QED) is 0.449. The summed E-state index contributed by atoms with van der Waals surface area (Å²) < 4.78 is 5.15. The molecule has 1 N–H and O–H groups in total. The summed E-state index contributed by atoms with van der Waals surface area (Å²) in [4.78, 5) is 21.6. The Morgan fingerprint density at radius 1 is 1.21 bits per heavy atom. The molecule has 0 rings (SSSR count). The lowest BCUT2D eigenvalue weighted by molar-refractivity contribution is -0.305. The molecule has 0 saturated heterocycles. The average molecular weight is 273 g/mol. The summed E-state index contributed by atoms with van der Waals surface area (Å²) >= 11 is 0. The van der Waals surface area contributed by atoms with Crippen LogP contribution in [0.25, 0.3) is 0 Å². The van der Waals surface area contributed by atoms with Crippen molar-refractivity contribution in [2.24, 2.45) is 5.92 Å². The average Bonchev–Trinajstić information content (AvgIpc) is 2.34. The highest BCUT2D eigenvalue weighted by molar-refractivity contribution is 5.69. The molecule has 112 valence electrons. The van der Waals surface area contributed by atoms with Gasteiger partial charge in [0.15, 0.2) is 0 Å². The molecule has 0 saturated carbocycles. The van der Waals surface area contributed by atoms with Gasteiger partial charge in [0.05, 0.1) is 12.7 Å². The third-order valence-electron chi connectivity index (χ3n) is 3.06. The molecule has 0 spiro atoms. The van der Waals surface area contributed by atoms with E-state index in [-0.39, 0.29) is 30.8 Å². The van der Waals surface area contributed by atoms with Gasteiger partial charge < -0.3 is 19.7 Å². The summed E-state index contributed by atoms with van der Waals surface area (Å²) in [5.41, 5.74) is 0. The van der Waals surface area contributed by atoms with E-state index in [1.807, 2.05) is 6.92 Å². The molecule has 0 aromatic carbocycles. The lowest BCUT2D eigenvalue weighted by atomic mass is 10.00. The zero-order valence-corrected chi connectivity index (χ0v) is 11.9. The van der Waals surface area contributed by atoms with E-state index >= 15 is 0 Å². The van der Waals surface area contributed by atoms with E-state index < -0.39 is 5.97 Å². The first-order chi connectivity index (χ1) is 8.95. The molecule has 5 nitrogen and oxygen atoms in total. The standard InChI is InChI=1S/C14H26O5/c1-3-12(9-8-11(2)15)10-19-14(18)7-5-4-6-13(16)17/h11-12,15H,3-10H2,1-2H3,(H,16,17)/p-1. The van der Waals surface area contributed by atoms with Gasteiger partial charge in [-0.2, -0.15) is 0 Å². The van der Waals surface area contributed by atoms with Crippen molar-refractivity contribution in [2.75, 3.05) is 6.61 Å². The molecule has 2 atom stereocenters. The Morgan fingerprint density at radius 3 is 2.37 bits per heavy atom. The first kappa shape index (κ1) is 17.9. The SMILES string of the molecule is CCC(CCC(C)O)COC(=O)CCCCC(=O)[O-]. The van der Waals surface area contributed by atoms with Gasteiger partial charge in [0.2, 0.25) is 0 Å². The van der Waals surface area contributed by atoms with Gasteiger partial charge in [-0.15, -0.1) is 0 Å². The van der Waals surface area contributed by atoms with E-state index in [0.717, 1.165) is 12.8 Å². The number of carbonyl (C=O) groups is 2.